The minimum absolute atomic E-state index is 0.0531. The van der Waals surface area contributed by atoms with Crippen LogP contribution < -0.4 is 4.72 Å². The van der Waals surface area contributed by atoms with E-state index < -0.39 is 10.0 Å². The van der Waals surface area contributed by atoms with Gasteiger partial charge >= 0.3 is 0 Å². The molecule has 6 nitrogen and oxygen atoms in total. The van der Waals surface area contributed by atoms with Gasteiger partial charge in [0.05, 0.1) is 17.5 Å². The normalized spacial score (nSPS) is 15.9. The lowest BCUT2D eigenvalue weighted by Gasteiger charge is -2.24. The molecule has 0 aromatic heterocycles. The van der Waals surface area contributed by atoms with Gasteiger partial charge in [0.15, 0.2) is 0 Å². The first kappa shape index (κ1) is 26.4. The molecule has 1 heterocycles. The van der Waals surface area contributed by atoms with Crippen molar-refractivity contribution in [3.8, 4) is 11.1 Å². The molecule has 3 aromatic rings. The standard InChI is InChI=1S/C28H31ClN2O4S/c1-2-6-20-7-3-4-9-26(20)27-17-21(28(33)31-16-5-8-24(31)19-32)10-11-22(27)18-30-36(34,35)25-14-12-23(29)13-15-25/h3-4,7,9-15,17,24,30,32H,2,5-6,8,16,18-19H2,1H3. The Morgan fingerprint density at radius 3 is 2.53 bits per heavy atom. The number of likely N-dealkylation sites (tertiary alicyclic amines) is 1. The number of rotatable bonds is 9. The predicted octanol–water partition coefficient (Wildman–Crippen LogP) is 5.03. The van der Waals surface area contributed by atoms with Crippen LogP contribution in [-0.4, -0.2) is 43.5 Å². The van der Waals surface area contributed by atoms with Gasteiger partial charge in [-0.1, -0.05) is 55.3 Å². The molecule has 0 saturated carbocycles. The summed E-state index contributed by atoms with van der Waals surface area (Å²) in [7, 11) is -3.76. The third-order valence-electron chi connectivity index (χ3n) is 6.61. The van der Waals surface area contributed by atoms with Crippen molar-refractivity contribution in [1.82, 2.24) is 9.62 Å². The molecule has 0 spiro atoms. The largest absolute Gasteiger partial charge is 0.394 e. The summed E-state index contributed by atoms with van der Waals surface area (Å²) in [4.78, 5) is 15.2. The number of aliphatic hydroxyl groups excluding tert-OH is 1. The summed E-state index contributed by atoms with van der Waals surface area (Å²) < 4.78 is 28.5. The molecule has 190 valence electrons. The molecule has 1 atom stereocenters. The summed E-state index contributed by atoms with van der Waals surface area (Å²) in [6, 6.07) is 19.3. The molecular formula is C28H31ClN2O4S. The maximum absolute atomic E-state index is 13.3. The quantitative estimate of drug-likeness (QED) is 0.409. The zero-order chi connectivity index (χ0) is 25.7. The summed E-state index contributed by atoms with van der Waals surface area (Å²) in [6.45, 7) is 2.75. The van der Waals surface area contributed by atoms with Crippen molar-refractivity contribution < 1.29 is 18.3 Å². The van der Waals surface area contributed by atoms with Crippen LogP contribution >= 0.6 is 11.6 Å². The first-order chi connectivity index (χ1) is 17.3. The maximum Gasteiger partial charge on any atom is 0.254 e. The molecule has 4 rings (SSSR count). The Labute approximate surface area is 218 Å². The number of aryl methyl sites for hydroxylation is 1. The lowest BCUT2D eigenvalue weighted by molar-refractivity contribution is 0.0677. The van der Waals surface area contributed by atoms with E-state index in [0.29, 0.717) is 17.1 Å². The number of carbonyl (C=O) groups is 1. The van der Waals surface area contributed by atoms with Crippen LogP contribution in [-0.2, 0) is 23.0 Å². The molecule has 0 bridgehead atoms. The highest BCUT2D eigenvalue weighted by Crippen LogP contribution is 2.31. The number of hydrogen-bond acceptors (Lipinski definition) is 4. The van der Waals surface area contributed by atoms with Gasteiger partial charge in [0.2, 0.25) is 10.0 Å². The van der Waals surface area contributed by atoms with Gasteiger partial charge < -0.3 is 10.0 Å². The van der Waals surface area contributed by atoms with Crippen LogP contribution in [0.4, 0.5) is 0 Å². The first-order valence-electron chi connectivity index (χ1n) is 12.2. The van der Waals surface area contributed by atoms with Gasteiger partial charge in [0.25, 0.3) is 5.91 Å². The van der Waals surface area contributed by atoms with Gasteiger partial charge in [0, 0.05) is 23.7 Å². The molecule has 0 radical (unpaired) electrons. The molecule has 3 aromatic carbocycles. The smallest absolute Gasteiger partial charge is 0.254 e. The van der Waals surface area contributed by atoms with Crippen molar-refractivity contribution in [2.24, 2.45) is 0 Å². The van der Waals surface area contributed by atoms with E-state index >= 15 is 0 Å². The Morgan fingerprint density at radius 2 is 1.81 bits per heavy atom. The first-order valence-corrected chi connectivity index (χ1v) is 14.1. The van der Waals surface area contributed by atoms with Crippen molar-refractivity contribution in [3.63, 3.8) is 0 Å². The second-order valence-electron chi connectivity index (χ2n) is 9.03. The van der Waals surface area contributed by atoms with Gasteiger partial charge in [-0.3, -0.25) is 4.79 Å². The summed E-state index contributed by atoms with van der Waals surface area (Å²) in [5, 5.41) is 10.2. The zero-order valence-corrected chi connectivity index (χ0v) is 21.9. The van der Waals surface area contributed by atoms with Gasteiger partial charge in [-0.25, -0.2) is 13.1 Å². The number of amides is 1. The van der Waals surface area contributed by atoms with E-state index in [1.54, 1.807) is 23.1 Å². The van der Waals surface area contributed by atoms with Gasteiger partial charge in [-0.2, -0.15) is 0 Å². The molecule has 36 heavy (non-hydrogen) atoms. The van der Waals surface area contributed by atoms with E-state index in [2.05, 4.69) is 17.7 Å². The fourth-order valence-corrected chi connectivity index (χ4v) is 5.85. The molecule has 1 saturated heterocycles. The maximum atomic E-state index is 13.3. The van der Waals surface area contributed by atoms with Gasteiger partial charge in [-0.15, -0.1) is 0 Å². The number of hydrogen-bond donors (Lipinski definition) is 2. The Bertz CT molecular complexity index is 1330. The number of nitrogens with zero attached hydrogens (tertiary/aromatic N) is 1. The fourth-order valence-electron chi connectivity index (χ4n) is 4.71. The van der Waals surface area contributed by atoms with Crippen LogP contribution in [0.5, 0.6) is 0 Å². The molecule has 8 heteroatoms. The predicted molar refractivity (Wildman–Crippen MR) is 142 cm³/mol. The van der Waals surface area contributed by atoms with Crippen molar-refractivity contribution in [2.75, 3.05) is 13.2 Å². The summed E-state index contributed by atoms with van der Waals surface area (Å²) in [5.41, 5.74) is 4.24. The Kier molecular flexibility index (Phi) is 8.46. The van der Waals surface area contributed by atoms with E-state index in [1.807, 2.05) is 30.3 Å². The highest BCUT2D eigenvalue weighted by atomic mass is 35.5. The van der Waals surface area contributed by atoms with Crippen LogP contribution in [0.15, 0.2) is 71.6 Å². The molecule has 1 unspecified atom stereocenters. The van der Waals surface area contributed by atoms with Crippen LogP contribution in [0.25, 0.3) is 11.1 Å². The highest BCUT2D eigenvalue weighted by molar-refractivity contribution is 7.89. The molecule has 2 N–H and O–H groups in total. The van der Waals surface area contributed by atoms with Crippen molar-refractivity contribution >= 4 is 27.5 Å². The van der Waals surface area contributed by atoms with Gasteiger partial charge in [0.1, 0.15) is 0 Å². The van der Waals surface area contributed by atoms with E-state index in [9.17, 15) is 18.3 Å². The van der Waals surface area contributed by atoms with E-state index in [-0.39, 0.29) is 30.0 Å². The fraction of sp³-hybridized carbons (Fsp3) is 0.321. The van der Waals surface area contributed by atoms with Crippen LogP contribution in [0.2, 0.25) is 5.02 Å². The monoisotopic (exact) mass is 526 g/mol. The Balaban J connectivity index is 1.71. The summed E-state index contributed by atoms with van der Waals surface area (Å²) in [5.74, 6) is -0.117. The van der Waals surface area contributed by atoms with Crippen LogP contribution in [0.1, 0.15) is 47.7 Å². The Hall–Kier alpha value is -2.71. The molecule has 1 aliphatic rings. The third-order valence-corrected chi connectivity index (χ3v) is 8.28. The summed E-state index contributed by atoms with van der Waals surface area (Å²) in [6.07, 6.45) is 3.48. The molecule has 1 aliphatic heterocycles. The number of nitrogens with one attached hydrogen (secondary N) is 1. The lowest BCUT2D eigenvalue weighted by Crippen LogP contribution is -2.37. The number of sulfonamides is 1. The molecule has 1 amide bonds. The second kappa shape index (κ2) is 11.6. The van der Waals surface area contributed by atoms with Crippen molar-refractivity contribution in [2.45, 2.75) is 50.1 Å². The minimum Gasteiger partial charge on any atom is -0.394 e. The Morgan fingerprint density at radius 1 is 1.06 bits per heavy atom. The van der Waals surface area contributed by atoms with E-state index in [1.165, 1.54) is 12.1 Å². The zero-order valence-electron chi connectivity index (χ0n) is 20.3. The third kappa shape index (κ3) is 5.81. The van der Waals surface area contributed by atoms with Crippen molar-refractivity contribution in [1.29, 1.82) is 0 Å². The highest BCUT2D eigenvalue weighted by Gasteiger charge is 2.29. The van der Waals surface area contributed by atoms with E-state index in [0.717, 1.165) is 47.9 Å². The molecule has 1 fully saturated rings. The number of aliphatic hydroxyl groups is 1. The average molecular weight is 527 g/mol. The average Bonchev–Trinajstić information content (AvgIpc) is 3.37. The topological polar surface area (TPSA) is 86.7 Å². The lowest BCUT2D eigenvalue weighted by atomic mass is 9.91. The number of halogens is 1. The SMILES string of the molecule is CCCc1ccccc1-c1cc(C(=O)N2CCCC2CO)ccc1CNS(=O)(=O)c1ccc(Cl)cc1. The van der Waals surface area contributed by atoms with Crippen LogP contribution in [0.3, 0.4) is 0 Å². The minimum atomic E-state index is -3.76. The van der Waals surface area contributed by atoms with Crippen LogP contribution in [0, 0.1) is 0 Å². The summed E-state index contributed by atoms with van der Waals surface area (Å²) >= 11 is 5.91. The second-order valence-corrected chi connectivity index (χ2v) is 11.2. The van der Waals surface area contributed by atoms with Gasteiger partial charge in [-0.05, 0) is 77.9 Å². The number of benzene rings is 3. The molecular weight excluding hydrogens is 496 g/mol. The number of carbonyl (C=O) groups excluding carboxylic acids is 1. The van der Waals surface area contributed by atoms with E-state index in [4.69, 9.17) is 11.6 Å². The molecule has 0 aliphatic carbocycles. The van der Waals surface area contributed by atoms with Crippen molar-refractivity contribution in [3.05, 3.63) is 88.4 Å².